The molecule has 0 amide bonds. The Labute approximate surface area is 120 Å². The van der Waals surface area contributed by atoms with E-state index in [4.69, 9.17) is 6.42 Å². The molecule has 2 rings (SSSR count). The molecule has 1 N–H and O–H groups in total. The summed E-state index contributed by atoms with van der Waals surface area (Å²) in [4.78, 5) is 8.24. The van der Waals surface area contributed by atoms with Gasteiger partial charge in [-0.15, -0.1) is 17.8 Å². The molecule has 1 aliphatic heterocycles. The maximum atomic E-state index is 5.36. The molecule has 1 aromatic rings. The normalized spacial score (nSPS) is 19.3. The fraction of sp³-hybridized carbons (Fsp3) is 0.667. The van der Waals surface area contributed by atoms with Crippen molar-refractivity contribution in [1.82, 2.24) is 15.2 Å². The molecule has 1 aliphatic rings. The smallest absolute Gasteiger partial charge is 0.0900 e. The first-order valence-corrected chi connectivity index (χ1v) is 7.77. The highest BCUT2D eigenvalue weighted by Gasteiger charge is 2.21. The van der Waals surface area contributed by atoms with Crippen molar-refractivity contribution in [3.05, 3.63) is 15.6 Å². The molecule has 2 heterocycles. The number of hydrogen-bond acceptors (Lipinski definition) is 4. The zero-order valence-corrected chi connectivity index (χ0v) is 12.9. The van der Waals surface area contributed by atoms with E-state index in [1.54, 1.807) is 0 Å². The van der Waals surface area contributed by atoms with Gasteiger partial charge in [0, 0.05) is 30.1 Å². The van der Waals surface area contributed by atoms with E-state index in [-0.39, 0.29) is 0 Å². The van der Waals surface area contributed by atoms with E-state index >= 15 is 0 Å². The van der Waals surface area contributed by atoms with E-state index in [9.17, 15) is 0 Å². The minimum Gasteiger partial charge on any atom is -0.307 e. The van der Waals surface area contributed by atoms with Crippen molar-refractivity contribution in [2.45, 2.75) is 45.7 Å². The van der Waals surface area contributed by atoms with Gasteiger partial charge in [0.2, 0.25) is 0 Å². The third-order valence-corrected chi connectivity index (χ3v) is 4.98. The number of piperidine rings is 1. The first kappa shape index (κ1) is 14.5. The average Bonchev–Trinajstić information content (AvgIpc) is 2.71. The third kappa shape index (κ3) is 3.79. The van der Waals surface area contributed by atoms with E-state index in [2.05, 4.69) is 41.9 Å². The number of nitrogens with one attached hydrogen (secondary N) is 1. The van der Waals surface area contributed by atoms with E-state index in [1.807, 2.05) is 11.3 Å². The molecule has 1 unspecified atom stereocenters. The molecule has 0 radical (unpaired) electrons. The Morgan fingerprint density at radius 2 is 2.16 bits per heavy atom. The summed E-state index contributed by atoms with van der Waals surface area (Å²) in [6, 6.07) is 1.00. The lowest BCUT2D eigenvalue weighted by atomic mass is 10.0. The zero-order chi connectivity index (χ0) is 13.8. The first-order valence-electron chi connectivity index (χ1n) is 6.96. The van der Waals surface area contributed by atoms with Crippen LogP contribution in [0.15, 0.2) is 0 Å². The summed E-state index contributed by atoms with van der Waals surface area (Å²) in [5.74, 6) is 2.73. The molecular formula is C15H23N3S. The molecule has 0 spiro atoms. The van der Waals surface area contributed by atoms with Crippen LogP contribution in [0.5, 0.6) is 0 Å². The van der Waals surface area contributed by atoms with Crippen LogP contribution in [0, 0.1) is 26.2 Å². The molecule has 19 heavy (non-hydrogen) atoms. The van der Waals surface area contributed by atoms with Crippen molar-refractivity contribution in [1.29, 1.82) is 0 Å². The highest BCUT2D eigenvalue weighted by atomic mass is 32.1. The highest BCUT2D eigenvalue weighted by Crippen LogP contribution is 2.25. The summed E-state index contributed by atoms with van der Waals surface area (Å²) in [6.07, 6.45) is 7.72. The molecule has 1 aromatic heterocycles. The predicted molar refractivity (Wildman–Crippen MR) is 81.4 cm³/mol. The van der Waals surface area contributed by atoms with Gasteiger partial charge in [0.05, 0.1) is 17.2 Å². The lowest BCUT2D eigenvalue weighted by Crippen LogP contribution is -2.43. The standard InChI is InChI=1S/C15H23N3S/c1-5-8-18-9-6-14(7-10-18)17-12(3)15-11(2)16-13(4)19-15/h1,12,14,17H,6-10H2,2-4H3. The maximum absolute atomic E-state index is 5.36. The van der Waals surface area contributed by atoms with Gasteiger partial charge in [-0.2, -0.15) is 0 Å². The summed E-state index contributed by atoms with van der Waals surface area (Å²) in [6.45, 7) is 9.42. The number of nitrogens with zero attached hydrogens (tertiary/aromatic N) is 2. The number of rotatable bonds is 4. The molecule has 0 aliphatic carbocycles. The monoisotopic (exact) mass is 277 g/mol. The number of thiazole rings is 1. The van der Waals surface area contributed by atoms with Crippen LogP contribution >= 0.6 is 11.3 Å². The van der Waals surface area contributed by atoms with Crippen molar-refractivity contribution in [2.24, 2.45) is 0 Å². The Kier molecular flexibility index (Phi) is 4.98. The molecule has 104 valence electrons. The summed E-state index contributed by atoms with van der Waals surface area (Å²) in [5, 5.41) is 4.90. The lowest BCUT2D eigenvalue weighted by Gasteiger charge is -2.32. The van der Waals surface area contributed by atoms with E-state index in [0.717, 1.165) is 24.6 Å². The van der Waals surface area contributed by atoms with Gasteiger partial charge in [-0.05, 0) is 33.6 Å². The number of hydrogen-bond donors (Lipinski definition) is 1. The van der Waals surface area contributed by atoms with E-state index in [0.29, 0.717) is 12.1 Å². The number of aryl methyl sites for hydroxylation is 2. The number of likely N-dealkylation sites (tertiary alicyclic amines) is 1. The van der Waals surface area contributed by atoms with Gasteiger partial charge in [0.15, 0.2) is 0 Å². The minimum absolute atomic E-state index is 0.399. The first-order chi connectivity index (χ1) is 9.10. The quantitative estimate of drug-likeness (QED) is 0.857. The molecular weight excluding hydrogens is 254 g/mol. The lowest BCUT2D eigenvalue weighted by molar-refractivity contribution is 0.211. The largest absolute Gasteiger partial charge is 0.307 e. The van der Waals surface area contributed by atoms with Crippen molar-refractivity contribution < 1.29 is 0 Å². The Morgan fingerprint density at radius 1 is 1.47 bits per heavy atom. The van der Waals surface area contributed by atoms with Crippen LogP contribution < -0.4 is 5.32 Å². The summed E-state index contributed by atoms with van der Waals surface area (Å²) >= 11 is 1.81. The minimum atomic E-state index is 0.399. The second-order valence-electron chi connectivity index (χ2n) is 5.33. The Balaban J connectivity index is 1.86. The maximum Gasteiger partial charge on any atom is 0.0900 e. The summed E-state index contributed by atoms with van der Waals surface area (Å²) in [5.41, 5.74) is 1.17. The molecule has 1 saturated heterocycles. The van der Waals surface area contributed by atoms with E-state index in [1.165, 1.54) is 23.4 Å². The van der Waals surface area contributed by atoms with Gasteiger partial charge in [0.25, 0.3) is 0 Å². The Bertz CT molecular complexity index is 452. The predicted octanol–water partition coefficient (Wildman–Crippen LogP) is 2.51. The van der Waals surface area contributed by atoms with E-state index < -0.39 is 0 Å². The topological polar surface area (TPSA) is 28.2 Å². The molecule has 0 bridgehead atoms. The van der Waals surface area contributed by atoms with Crippen LogP contribution in [0.3, 0.4) is 0 Å². The van der Waals surface area contributed by atoms with Gasteiger partial charge in [-0.1, -0.05) is 5.92 Å². The third-order valence-electron chi connectivity index (χ3n) is 3.72. The van der Waals surface area contributed by atoms with Gasteiger partial charge in [0.1, 0.15) is 0 Å². The molecule has 4 heteroatoms. The highest BCUT2D eigenvalue weighted by molar-refractivity contribution is 7.11. The van der Waals surface area contributed by atoms with Crippen LogP contribution in [-0.2, 0) is 0 Å². The fourth-order valence-electron chi connectivity index (χ4n) is 2.76. The number of aromatic nitrogens is 1. The summed E-state index contributed by atoms with van der Waals surface area (Å²) < 4.78 is 0. The van der Waals surface area contributed by atoms with Gasteiger partial charge >= 0.3 is 0 Å². The molecule has 3 nitrogen and oxygen atoms in total. The molecule has 1 atom stereocenters. The van der Waals surface area contributed by atoms with Crippen molar-refractivity contribution >= 4 is 11.3 Å². The second-order valence-corrected chi connectivity index (χ2v) is 6.56. The van der Waals surface area contributed by atoms with Crippen molar-refractivity contribution in [3.63, 3.8) is 0 Å². The van der Waals surface area contributed by atoms with Crippen LogP contribution in [0.4, 0.5) is 0 Å². The van der Waals surface area contributed by atoms with Crippen LogP contribution in [0.25, 0.3) is 0 Å². The Morgan fingerprint density at radius 3 is 2.68 bits per heavy atom. The average molecular weight is 277 g/mol. The summed E-state index contributed by atoms with van der Waals surface area (Å²) in [7, 11) is 0. The second kappa shape index (κ2) is 6.51. The van der Waals surface area contributed by atoms with Crippen molar-refractivity contribution in [3.8, 4) is 12.3 Å². The van der Waals surface area contributed by atoms with Crippen LogP contribution in [0.1, 0.15) is 41.4 Å². The van der Waals surface area contributed by atoms with Crippen molar-refractivity contribution in [2.75, 3.05) is 19.6 Å². The number of terminal acetylenes is 1. The Hall–Kier alpha value is -0.890. The van der Waals surface area contributed by atoms with Gasteiger partial charge < -0.3 is 5.32 Å². The van der Waals surface area contributed by atoms with Crippen LogP contribution in [-0.4, -0.2) is 35.6 Å². The SMILES string of the molecule is C#CCN1CCC(NC(C)c2sc(C)nc2C)CC1. The van der Waals surface area contributed by atoms with Crippen LogP contribution in [0.2, 0.25) is 0 Å². The zero-order valence-electron chi connectivity index (χ0n) is 12.1. The van der Waals surface area contributed by atoms with Gasteiger partial charge in [-0.25, -0.2) is 4.98 Å². The molecule has 1 fully saturated rings. The molecule has 0 saturated carbocycles. The van der Waals surface area contributed by atoms with Gasteiger partial charge in [-0.3, -0.25) is 4.90 Å². The molecule has 0 aromatic carbocycles. The fourth-order valence-corrected chi connectivity index (χ4v) is 3.70.